The number of carboxylic acid groups (broad SMARTS) is 1. The van der Waals surface area contributed by atoms with E-state index < -0.39 is 5.97 Å². The van der Waals surface area contributed by atoms with Crippen LogP contribution in [0.15, 0.2) is 18.2 Å². The zero-order valence-corrected chi connectivity index (χ0v) is 12.6. The predicted octanol–water partition coefficient (Wildman–Crippen LogP) is 2.38. The average molecular weight is 288 g/mol. The molecule has 1 aromatic carbocycles. The van der Waals surface area contributed by atoms with E-state index in [-0.39, 0.29) is 5.92 Å². The Morgan fingerprint density at radius 3 is 3.19 bits per heavy atom. The number of piperidine rings is 1. The van der Waals surface area contributed by atoms with E-state index in [1.54, 1.807) is 0 Å². The molecular formula is C17H24N2O2. The van der Waals surface area contributed by atoms with Crippen LogP contribution in [0, 0.1) is 5.92 Å². The molecule has 2 atom stereocenters. The van der Waals surface area contributed by atoms with Crippen LogP contribution < -0.4 is 5.32 Å². The molecule has 4 nitrogen and oxygen atoms in total. The second kappa shape index (κ2) is 6.06. The van der Waals surface area contributed by atoms with Crippen LogP contribution in [0.1, 0.15) is 30.9 Å². The first-order valence-electron chi connectivity index (χ1n) is 7.96. The van der Waals surface area contributed by atoms with E-state index in [0.717, 1.165) is 38.8 Å². The van der Waals surface area contributed by atoms with Crippen molar-refractivity contribution in [2.75, 3.05) is 25.0 Å². The molecule has 1 saturated heterocycles. The molecule has 0 aromatic heterocycles. The molecule has 0 spiro atoms. The highest BCUT2D eigenvalue weighted by Crippen LogP contribution is 2.25. The van der Waals surface area contributed by atoms with Crippen molar-refractivity contribution in [3.05, 3.63) is 29.3 Å². The maximum absolute atomic E-state index is 11.2. The number of hydrogen-bond acceptors (Lipinski definition) is 3. The fourth-order valence-corrected chi connectivity index (χ4v) is 3.56. The smallest absolute Gasteiger partial charge is 0.307 e. The van der Waals surface area contributed by atoms with Crippen LogP contribution in [0.4, 0.5) is 5.69 Å². The van der Waals surface area contributed by atoms with Crippen molar-refractivity contribution in [3.63, 3.8) is 0 Å². The van der Waals surface area contributed by atoms with Gasteiger partial charge in [-0.05, 0) is 56.3 Å². The van der Waals surface area contributed by atoms with Crippen LogP contribution >= 0.6 is 0 Å². The van der Waals surface area contributed by atoms with Gasteiger partial charge in [-0.2, -0.15) is 0 Å². The predicted molar refractivity (Wildman–Crippen MR) is 83.7 cm³/mol. The second-order valence-corrected chi connectivity index (χ2v) is 6.39. The highest BCUT2D eigenvalue weighted by atomic mass is 16.4. The van der Waals surface area contributed by atoms with Crippen LogP contribution in [0.2, 0.25) is 0 Å². The van der Waals surface area contributed by atoms with Crippen molar-refractivity contribution in [1.82, 2.24) is 4.90 Å². The SMILES string of the molecule is CC(Cc1ccc2c(c1)CCN2)N1CCCC(C(=O)O)C1. The van der Waals surface area contributed by atoms with Crippen LogP contribution in [0.5, 0.6) is 0 Å². The number of likely N-dealkylation sites (tertiary alicyclic amines) is 1. The first-order valence-corrected chi connectivity index (χ1v) is 7.96. The van der Waals surface area contributed by atoms with Gasteiger partial charge in [0.25, 0.3) is 0 Å². The van der Waals surface area contributed by atoms with E-state index in [2.05, 4.69) is 35.3 Å². The summed E-state index contributed by atoms with van der Waals surface area (Å²) in [4.78, 5) is 13.5. The summed E-state index contributed by atoms with van der Waals surface area (Å²) in [6.07, 6.45) is 3.93. The average Bonchev–Trinajstić information content (AvgIpc) is 2.95. The first-order chi connectivity index (χ1) is 10.1. The molecule has 4 heteroatoms. The van der Waals surface area contributed by atoms with Gasteiger partial charge in [-0.15, -0.1) is 0 Å². The van der Waals surface area contributed by atoms with Gasteiger partial charge in [0.2, 0.25) is 0 Å². The number of anilines is 1. The summed E-state index contributed by atoms with van der Waals surface area (Å²) in [6, 6.07) is 7.09. The maximum atomic E-state index is 11.2. The lowest BCUT2D eigenvalue weighted by molar-refractivity contribution is -0.143. The molecular weight excluding hydrogens is 264 g/mol. The van der Waals surface area contributed by atoms with Crippen LogP contribution in [0.25, 0.3) is 0 Å². The molecule has 2 aliphatic heterocycles. The summed E-state index contributed by atoms with van der Waals surface area (Å²) >= 11 is 0. The number of carbonyl (C=O) groups is 1. The molecule has 0 amide bonds. The van der Waals surface area contributed by atoms with Crippen molar-refractivity contribution in [1.29, 1.82) is 0 Å². The standard InChI is InChI=1S/C17H24N2O2/c1-12(19-8-2-3-15(11-19)17(20)21)9-13-4-5-16-14(10-13)6-7-18-16/h4-5,10,12,15,18H,2-3,6-9,11H2,1H3,(H,20,21). The lowest BCUT2D eigenvalue weighted by Crippen LogP contribution is -2.44. The largest absolute Gasteiger partial charge is 0.481 e. The summed E-state index contributed by atoms with van der Waals surface area (Å²) in [6.45, 7) is 4.98. The van der Waals surface area contributed by atoms with E-state index in [1.807, 2.05) is 0 Å². The number of benzene rings is 1. The molecule has 2 heterocycles. The minimum atomic E-state index is -0.643. The Morgan fingerprint density at radius 2 is 2.38 bits per heavy atom. The number of nitrogens with zero attached hydrogens (tertiary/aromatic N) is 1. The Bertz CT molecular complexity index is 530. The monoisotopic (exact) mass is 288 g/mol. The summed E-state index contributed by atoms with van der Waals surface area (Å²) in [7, 11) is 0. The Labute approximate surface area is 126 Å². The minimum absolute atomic E-state index is 0.189. The Hall–Kier alpha value is -1.55. The number of fused-ring (bicyclic) bond motifs is 1. The van der Waals surface area contributed by atoms with E-state index in [9.17, 15) is 9.90 Å². The Morgan fingerprint density at radius 1 is 1.52 bits per heavy atom. The number of rotatable bonds is 4. The van der Waals surface area contributed by atoms with Gasteiger partial charge in [0.05, 0.1) is 5.92 Å². The van der Waals surface area contributed by atoms with Crippen LogP contribution in [-0.4, -0.2) is 41.7 Å². The zero-order valence-electron chi connectivity index (χ0n) is 12.6. The number of hydrogen-bond donors (Lipinski definition) is 2. The zero-order chi connectivity index (χ0) is 14.8. The third-order valence-corrected chi connectivity index (χ3v) is 4.84. The van der Waals surface area contributed by atoms with Crippen LogP contribution in [-0.2, 0) is 17.6 Å². The third-order valence-electron chi connectivity index (χ3n) is 4.84. The number of aliphatic carboxylic acids is 1. The van der Waals surface area contributed by atoms with E-state index in [1.165, 1.54) is 16.8 Å². The highest BCUT2D eigenvalue weighted by Gasteiger charge is 2.28. The summed E-state index contributed by atoms with van der Waals surface area (Å²) < 4.78 is 0. The van der Waals surface area contributed by atoms with E-state index >= 15 is 0 Å². The van der Waals surface area contributed by atoms with Gasteiger partial charge in [0.15, 0.2) is 0 Å². The maximum Gasteiger partial charge on any atom is 0.307 e. The minimum Gasteiger partial charge on any atom is -0.481 e. The molecule has 1 fully saturated rings. The van der Waals surface area contributed by atoms with Crippen molar-refractivity contribution >= 4 is 11.7 Å². The molecule has 1 aromatic rings. The van der Waals surface area contributed by atoms with Crippen molar-refractivity contribution < 1.29 is 9.90 Å². The van der Waals surface area contributed by atoms with Gasteiger partial charge in [0.1, 0.15) is 0 Å². The van der Waals surface area contributed by atoms with Crippen molar-refractivity contribution in [2.45, 2.75) is 38.6 Å². The van der Waals surface area contributed by atoms with Crippen molar-refractivity contribution in [3.8, 4) is 0 Å². The summed E-state index contributed by atoms with van der Waals surface area (Å²) in [5.74, 6) is -0.832. The molecule has 0 radical (unpaired) electrons. The second-order valence-electron chi connectivity index (χ2n) is 6.39. The molecule has 0 saturated carbocycles. The van der Waals surface area contributed by atoms with Gasteiger partial charge in [-0.25, -0.2) is 0 Å². The molecule has 0 bridgehead atoms. The van der Waals surface area contributed by atoms with E-state index in [0.29, 0.717) is 12.6 Å². The van der Waals surface area contributed by atoms with E-state index in [4.69, 9.17) is 0 Å². The lowest BCUT2D eigenvalue weighted by Gasteiger charge is -2.35. The topological polar surface area (TPSA) is 52.6 Å². The van der Waals surface area contributed by atoms with Crippen LogP contribution in [0.3, 0.4) is 0 Å². The molecule has 2 N–H and O–H groups in total. The Balaban J connectivity index is 1.63. The molecule has 2 unspecified atom stereocenters. The normalized spacial score (nSPS) is 23.4. The molecule has 114 valence electrons. The van der Waals surface area contributed by atoms with Gasteiger partial charge in [-0.1, -0.05) is 12.1 Å². The highest BCUT2D eigenvalue weighted by molar-refractivity contribution is 5.70. The molecule has 3 rings (SSSR count). The molecule has 21 heavy (non-hydrogen) atoms. The van der Waals surface area contributed by atoms with Crippen molar-refractivity contribution in [2.24, 2.45) is 5.92 Å². The van der Waals surface area contributed by atoms with Gasteiger partial charge >= 0.3 is 5.97 Å². The lowest BCUT2D eigenvalue weighted by atomic mass is 9.95. The first kappa shape index (κ1) is 14.4. The van der Waals surface area contributed by atoms with Gasteiger partial charge in [-0.3, -0.25) is 9.69 Å². The van der Waals surface area contributed by atoms with Gasteiger partial charge < -0.3 is 10.4 Å². The number of nitrogens with one attached hydrogen (secondary N) is 1. The fraction of sp³-hybridized carbons (Fsp3) is 0.588. The summed E-state index contributed by atoms with van der Waals surface area (Å²) in [5, 5.41) is 12.6. The third kappa shape index (κ3) is 3.21. The molecule has 2 aliphatic rings. The molecule has 0 aliphatic carbocycles. The summed E-state index contributed by atoms with van der Waals surface area (Å²) in [5.41, 5.74) is 4.06. The van der Waals surface area contributed by atoms with Gasteiger partial charge in [0, 0.05) is 24.8 Å². The Kier molecular flexibility index (Phi) is 4.15. The quantitative estimate of drug-likeness (QED) is 0.893. The fourth-order valence-electron chi connectivity index (χ4n) is 3.56. The number of carboxylic acids is 1.